The molecule has 3 N–H and O–H groups in total. The third kappa shape index (κ3) is 5.22. The van der Waals surface area contributed by atoms with Crippen LogP contribution in [0.5, 0.6) is 0 Å². The van der Waals surface area contributed by atoms with Gasteiger partial charge in [-0.25, -0.2) is 13.1 Å². The SMILES string of the molecule is CC(C)(C)CCNS(=O)(=O)c1ccc(CN)cc1Br. The molecule has 0 radical (unpaired) electrons. The predicted octanol–water partition coefficient (Wildman–Crippen LogP) is 2.62. The van der Waals surface area contributed by atoms with Crippen LogP contribution in [0.2, 0.25) is 0 Å². The second kappa shape index (κ2) is 6.35. The van der Waals surface area contributed by atoms with Crippen molar-refractivity contribution in [3.8, 4) is 0 Å². The lowest BCUT2D eigenvalue weighted by atomic mass is 9.93. The number of rotatable bonds is 5. The van der Waals surface area contributed by atoms with Crippen LogP contribution in [0.25, 0.3) is 0 Å². The Bertz CT molecular complexity index is 536. The molecule has 4 nitrogen and oxygen atoms in total. The normalized spacial score (nSPS) is 12.7. The maximum absolute atomic E-state index is 12.2. The van der Waals surface area contributed by atoms with Crippen molar-refractivity contribution in [2.75, 3.05) is 6.54 Å². The second-order valence-corrected chi connectivity index (χ2v) is 8.27. The van der Waals surface area contributed by atoms with Crippen molar-refractivity contribution in [3.63, 3.8) is 0 Å². The highest BCUT2D eigenvalue weighted by atomic mass is 79.9. The zero-order chi connectivity index (χ0) is 14.7. The predicted molar refractivity (Wildman–Crippen MR) is 81.3 cm³/mol. The summed E-state index contributed by atoms with van der Waals surface area (Å²) in [7, 11) is -3.48. The lowest BCUT2D eigenvalue weighted by Crippen LogP contribution is -2.27. The Hall–Kier alpha value is -0.430. The van der Waals surface area contributed by atoms with Gasteiger partial charge in [0.1, 0.15) is 0 Å². The van der Waals surface area contributed by atoms with E-state index < -0.39 is 10.0 Å². The molecule has 0 spiro atoms. The summed E-state index contributed by atoms with van der Waals surface area (Å²) in [4.78, 5) is 0.249. The zero-order valence-corrected chi connectivity index (χ0v) is 13.9. The average Bonchev–Trinajstić information content (AvgIpc) is 2.26. The van der Waals surface area contributed by atoms with Gasteiger partial charge in [0.15, 0.2) is 0 Å². The van der Waals surface area contributed by atoms with Crippen molar-refractivity contribution in [1.29, 1.82) is 0 Å². The van der Waals surface area contributed by atoms with Crippen molar-refractivity contribution in [2.24, 2.45) is 11.1 Å². The summed E-state index contributed by atoms with van der Waals surface area (Å²) in [5.41, 5.74) is 6.51. The molecule has 1 aromatic rings. The van der Waals surface area contributed by atoms with Gasteiger partial charge < -0.3 is 5.73 Å². The molecule has 0 heterocycles. The van der Waals surface area contributed by atoms with Crippen LogP contribution in [0.3, 0.4) is 0 Å². The first kappa shape index (κ1) is 16.6. The smallest absolute Gasteiger partial charge is 0.241 e. The minimum Gasteiger partial charge on any atom is -0.326 e. The van der Waals surface area contributed by atoms with Crippen LogP contribution < -0.4 is 10.5 Å². The van der Waals surface area contributed by atoms with Crippen molar-refractivity contribution < 1.29 is 8.42 Å². The van der Waals surface area contributed by atoms with Crippen molar-refractivity contribution >= 4 is 26.0 Å². The van der Waals surface area contributed by atoms with Crippen LogP contribution in [0.1, 0.15) is 32.8 Å². The van der Waals surface area contributed by atoms with Crippen molar-refractivity contribution in [1.82, 2.24) is 4.72 Å². The molecule has 0 fully saturated rings. The fourth-order valence-corrected chi connectivity index (χ4v) is 3.68. The van der Waals surface area contributed by atoms with Gasteiger partial charge in [0.2, 0.25) is 10.0 Å². The van der Waals surface area contributed by atoms with Crippen LogP contribution in [-0.4, -0.2) is 15.0 Å². The molecule has 1 aromatic carbocycles. The molecule has 0 unspecified atom stereocenters. The number of nitrogens with one attached hydrogen (secondary N) is 1. The molecular formula is C13H21BrN2O2S. The van der Waals surface area contributed by atoms with E-state index in [1.165, 1.54) is 0 Å². The summed E-state index contributed by atoms with van der Waals surface area (Å²) in [5.74, 6) is 0. The molecular weight excluding hydrogens is 328 g/mol. The molecule has 0 atom stereocenters. The van der Waals surface area contributed by atoms with E-state index in [1.807, 2.05) is 0 Å². The average molecular weight is 349 g/mol. The molecule has 0 saturated carbocycles. The first-order valence-corrected chi connectivity index (χ1v) is 8.41. The minimum atomic E-state index is -3.48. The topological polar surface area (TPSA) is 72.2 Å². The fourth-order valence-electron chi connectivity index (χ4n) is 1.53. The summed E-state index contributed by atoms with van der Waals surface area (Å²) < 4.78 is 27.5. The molecule has 0 saturated heterocycles. The summed E-state index contributed by atoms with van der Waals surface area (Å²) in [5, 5.41) is 0. The van der Waals surface area contributed by atoms with Crippen LogP contribution in [0, 0.1) is 5.41 Å². The fraction of sp³-hybridized carbons (Fsp3) is 0.538. The van der Waals surface area contributed by atoms with Gasteiger partial charge in [0.25, 0.3) is 0 Å². The van der Waals surface area contributed by atoms with E-state index in [1.54, 1.807) is 18.2 Å². The van der Waals surface area contributed by atoms with E-state index in [4.69, 9.17) is 5.73 Å². The molecule has 6 heteroatoms. The lowest BCUT2D eigenvalue weighted by molar-refractivity contribution is 0.378. The van der Waals surface area contributed by atoms with Crippen LogP contribution in [0.4, 0.5) is 0 Å². The highest BCUT2D eigenvalue weighted by Crippen LogP contribution is 2.23. The quantitative estimate of drug-likeness (QED) is 0.858. The highest BCUT2D eigenvalue weighted by molar-refractivity contribution is 9.10. The maximum Gasteiger partial charge on any atom is 0.241 e. The van der Waals surface area contributed by atoms with Gasteiger partial charge in [-0.1, -0.05) is 26.8 Å². The molecule has 19 heavy (non-hydrogen) atoms. The maximum atomic E-state index is 12.2. The number of hydrogen-bond donors (Lipinski definition) is 2. The Morgan fingerprint density at radius 3 is 2.42 bits per heavy atom. The highest BCUT2D eigenvalue weighted by Gasteiger charge is 2.18. The van der Waals surface area contributed by atoms with Crippen molar-refractivity contribution in [2.45, 2.75) is 38.6 Å². The zero-order valence-electron chi connectivity index (χ0n) is 11.5. The van der Waals surface area contributed by atoms with Crippen LogP contribution in [0.15, 0.2) is 27.6 Å². The van der Waals surface area contributed by atoms with Crippen molar-refractivity contribution in [3.05, 3.63) is 28.2 Å². The van der Waals surface area contributed by atoms with E-state index >= 15 is 0 Å². The third-order valence-corrected chi connectivity index (χ3v) is 5.13. The van der Waals surface area contributed by atoms with Gasteiger partial charge in [0.05, 0.1) is 4.90 Å². The monoisotopic (exact) mass is 348 g/mol. The molecule has 0 aliphatic carbocycles. The number of halogens is 1. The number of benzene rings is 1. The molecule has 0 amide bonds. The van der Waals surface area contributed by atoms with E-state index in [0.29, 0.717) is 17.6 Å². The third-order valence-electron chi connectivity index (χ3n) is 2.69. The van der Waals surface area contributed by atoms with Crippen LogP contribution >= 0.6 is 15.9 Å². The molecule has 0 aliphatic rings. The molecule has 0 bridgehead atoms. The van der Waals surface area contributed by atoms with Gasteiger partial charge >= 0.3 is 0 Å². The summed E-state index contributed by atoms with van der Waals surface area (Å²) >= 11 is 3.28. The van der Waals surface area contributed by atoms with Gasteiger partial charge in [-0.2, -0.15) is 0 Å². The van der Waals surface area contributed by atoms with Crippen LogP contribution in [-0.2, 0) is 16.6 Å². The molecule has 0 aromatic heterocycles. The van der Waals surface area contributed by atoms with Gasteiger partial charge in [-0.05, 0) is 45.5 Å². The first-order valence-electron chi connectivity index (χ1n) is 6.14. The Balaban J connectivity index is 2.83. The lowest BCUT2D eigenvalue weighted by Gasteiger charge is -2.18. The van der Waals surface area contributed by atoms with Gasteiger partial charge in [-0.15, -0.1) is 0 Å². The van der Waals surface area contributed by atoms with E-state index in [9.17, 15) is 8.42 Å². The van der Waals surface area contributed by atoms with Gasteiger partial charge in [0, 0.05) is 17.6 Å². The van der Waals surface area contributed by atoms with E-state index in [2.05, 4.69) is 41.4 Å². The van der Waals surface area contributed by atoms with E-state index in [0.717, 1.165) is 12.0 Å². The number of nitrogens with two attached hydrogens (primary N) is 1. The minimum absolute atomic E-state index is 0.100. The Morgan fingerprint density at radius 2 is 1.95 bits per heavy atom. The summed E-state index contributed by atoms with van der Waals surface area (Å²) in [6, 6.07) is 5.03. The standard InChI is InChI=1S/C13H21BrN2O2S/c1-13(2,3)6-7-16-19(17,18)12-5-4-10(9-15)8-11(12)14/h4-5,8,16H,6-7,9,15H2,1-3H3. The van der Waals surface area contributed by atoms with Gasteiger partial charge in [-0.3, -0.25) is 0 Å². The largest absolute Gasteiger partial charge is 0.326 e. The second-order valence-electron chi connectivity index (χ2n) is 5.68. The van der Waals surface area contributed by atoms with E-state index in [-0.39, 0.29) is 10.3 Å². The number of hydrogen-bond acceptors (Lipinski definition) is 3. The molecule has 0 aliphatic heterocycles. The Labute approximate surface area is 124 Å². The molecule has 1 rings (SSSR count). The summed E-state index contributed by atoms with van der Waals surface area (Å²) in [6.07, 6.45) is 0.782. The molecule has 108 valence electrons. The Morgan fingerprint density at radius 1 is 1.32 bits per heavy atom. The number of sulfonamides is 1. The Kier molecular flexibility index (Phi) is 5.55. The summed E-state index contributed by atoms with van der Waals surface area (Å²) in [6.45, 7) is 7.04. The first-order chi connectivity index (χ1) is 8.65.